The van der Waals surface area contributed by atoms with Gasteiger partial charge in [-0.15, -0.1) is 0 Å². The minimum Gasteiger partial charge on any atom is -0.497 e. The molecular formula is C23H26N4O4. The number of ether oxygens (including phenoxy) is 2. The van der Waals surface area contributed by atoms with Crippen LogP contribution in [0.1, 0.15) is 41.6 Å². The number of fused-ring (bicyclic) bond motifs is 1. The molecule has 0 atom stereocenters. The topological polar surface area (TPSA) is 89.7 Å². The molecular weight excluding hydrogens is 396 g/mol. The monoisotopic (exact) mass is 422 g/mol. The van der Waals surface area contributed by atoms with Crippen molar-refractivity contribution >= 4 is 16.9 Å². The molecule has 1 amide bonds. The number of likely N-dealkylation sites (tertiary alicyclic amines) is 1. The molecule has 2 fully saturated rings. The molecule has 2 aliphatic rings. The van der Waals surface area contributed by atoms with Gasteiger partial charge in [0.2, 0.25) is 0 Å². The van der Waals surface area contributed by atoms with Crippen LogP contribution in [-0.4, -0.2) is 53.5 Å². The van der Waals surface area contributed by atoms with E-state index in [4.69, 9.17) is 14.1 Å². The lowest BCUT2D eigenvalue weighted by Gasteiger charge is -2.32. The normalized spacial score (nSPS) is 17.6. The third kappa shape index (κ3) is 4.49. The Bertz CT molecular complexity index is 1070. The van der Waals surface area contributed by atoms with Crippen LogP contribution in [0.25, 0.3) is 11.0 Å². The van der Waals surface area contributed by atoms with Crippen molar-refractivity contribution in [2.75, 3.05) is 20.2 Å². The second-order valence-electron chi connectivity index (χ2n) is 8.25. The molecule has 2 aromatic carbocycles. The van der Waals surface area contributed by atoms with Gasteiger partial charge in [0, 0.05) is 31.7 Å². The van der Waals surface area contributed by atoms with Crippen molar-refractivity contribution in [2.45, 2.75) is 44.4 Å². The van der Waals surface area contributed by atoms with E-state index in [1.165, 1.54) is 0 Å². The number of piperidine rings is 1. The van der Waals surface area contributed by atoms with Crippen molar-refractivity contribution in [2.24, 2.45) is 0 Å². The summed E-state index contributed by atoms with van der Waals surface area (Å²) in [6.45, 7) is 2.60. The van der Waals surface area contributed by atoms with Crippen LogP contribution in [0.5, 0.6) is 11.5 Å². The summed E-state index contributed by atoms with van der Waals surface area (Å²) in [5.74, 6) is 1.20. The van der Waals surface area contributed by atoms with Crippen LogP contribution < -0.4 is 14.8 Å². The molecule has 162 valence electrons. The van der Waals surface area contributed by atoms with Crippen LogP contribution in [0.3, 0.4) is 0 Å². The molecule has 31 heavy (non-hydrogen) atoms. The zero-order chi connectivity index (χ0) is 21.2. The van der Waals surface area contributed by atoms with E-state index in [-0.39, 0.29) is 12.0 Å². The number of nitrogens with zero attached hydrogens (tertiary/aromatic N) is 3. The van der Waals surface area contributed by atoms with Gasteiger partial charge < -0.3 is 14.8 Å². The summed E-state index contributed by atoms with van der Waals surface area (Å²) >= 11 is 0. The molecule has 5 rings (SSSR count). The number of methoxy groups -OCH3 is 1. The Labute approximate surface area is 180 Å². The van der Waals surface area contributed by atoms with E-state index in [0.29, 0.717) is 23.1 Å². The van der Waals surface area contributed by atoms with E-state index in [1.807, 2.05) is 18.2 Å². The molecule has 1 aliphatic heterocycles. The van der Waals surface area contributed by atoms with Gasteiger partial charge in [0.1, 0.15) is 28.6 Å². The predicted molar refractivity (Wildman–Crippen MR) is 114 cm³/mol. The highest BCUT2D eigenvalue weighted by molar-refractivity contribution is 5.97. The molecule has 1 aromatic heterocycles. The van der Waals surface area contributed by atoms with Crippen molar-refractivity contribution in [3.05, 3.63) is 47.5 Å². The van der Waals surface area contributed by atoms with Crippen molar-refractivity contribution < 1.29 is 18.9 Å². The zero-order valence-electron chi connectivity index (χ0n) is 17.5. The molecule has 3 aromatic rings. The first-order chi connectivity index (χ1) is 15.2. The average Bonchev–Trinajstić information content (AvgIpc) is 3.47. The lowest BCUT2D eigenvalue weighted by Crippen LogP contribution is -2.38. The number of rotatable bonds is 7. The highest BCUT2D eigenvalue weighted by Crippen LogP contribution is 2.29. The van der Waals surface area contributed by atoms with Crippen molar-refractivity contribution in [1.29, 1.82) is 0 Å². The largest absolute Gasteiger partial charge is 0.497 e. The molecule has 1 aliphatic carbocycles. The van der Waals surface area contributed by atoms with Crippen LogP contribution in [0, 0.1) is 0 Å². The van der Waals surface area contributed by atoms with E-state index < -0.39 is 0 Å². The fourth-order valence-electron chi connectivity index (χ4n) is 4.00. The molecule has 8 heteroatoms. The van der Waals surface area contributed by atoms with Gasteiger partial charge in [0.05, 0.1) is 12.7 Å². The second-order valence-corrected chi connectivity index (χ2v) is 8.25. The van der Waals surface area contributed by atoms with Crippen LogP contribution in [-0.2, 0) is 6.54 Å². The van der Waals surface area contributed by atoms with E-state index in [9.17, 15) is 4.79 Å². The predicted octanol–water partition coefficient (Wildman–Crippen LogP) is 3.17. The molecule has 0 unspecified atom stereocenters. The van der Waals surface area contributed by atoms with Crippen LogP contribution >= 0.6 is 0 Å². The molecule has 8 nitrogen and oxygen atoms in total. The van der Waals surface area contributed by atoms with Crippen LogP contribution in [0.2, 0.25) is 0 Å². The Morgan fingerprint density at radius 3 is 2.77 bits per heavy atom. The maximum absolute atomic E-state index is 12.6. The number of amides is 1. The Morgan fingerprint density at radius 2 is 2.00 bits per heavy atom. The SMILES string of the molecule is COc1ccc(C(=O)NC2CC2)c(OC2CCN(Cc3cccc4nonc34)CC2)c1. The van der Waals surface area contributed by atoms with E-state index in [2.05, 4.69) is 26.6 Å². The summed E-state index contributed by atoms with van der Waals surface area (Å²) in [4.78, 5) is 15.0. The fraction of sp³-hybridized carbons (Fsp3) is 0.435. The van der Waals surface area contributed by atoms with Gasteiger partial charge in [0.15, 0.2) is 0 Å². The Morgan fingerprint density at radius 1 is 1.16 bits per heavy atom. The highest BCUT2D eigenvalue weighted by atomic mass is 16.6. The number of benzene rings is 2. The Kier molecular flexibility index (Phi) is 5.46. The van der Waals surface area contributed by atoms with Crippen LogP contribution in [0.4, 0.5) is 0 Å². The first kappa shape index (κ1) is 19.8. The minimum absolute atomic E-state index is 0.0559. The molecule has 2 heterocycles. The molecule has 1 saturated heterocycles. The third-order valence-electron chi connectivity index (χ3n) is 5.94. The summed E-state index contributed by atoms with van der Waals surface area (Å²) in [5, 5.41) is 11.0. The number of hydrogen-bond donors (Lipinski definition) is 1. The summed E-state index contributed by atoms with van der Waals surface area (Å²) in [5.41, 5.74) is 3.29. The maximum Gasteiger partial charge on any atom is 0.255 e. The van der Waals surface area contributed by atoms with E-state index in [0.717, 1.165) is 61.9 Å². The van der Waals surface area contributed by atoms with Gasteiger partial charge in [-0.3, -0.25) is 9.69 Å². The molecule has 1 N–H and O–H groups in total. The first-order valence-electron chi connectivity index (χ1n) is 10.8. The quantitative estimate of drug-likeness (QED) is 0.625. The minimum atomic E-state index is -0.0769. The Hall–Kier alpha value is -3.13. The van der Waals surface area contributed by atoms with Gasteiger partial charge in [-0.25, -0.2) is 4.63 Å². The van der Waals surface area contributed by atoms with E-state index >= 15 is 0 Å². The van der Waals surface area contributed by atoms with Gasteiger partial charge >= 0.3 is 0 Å². The zero-order valence-corrected chi connectivity index (χ0v) is 17.5. The lowest BCUT2D eigenvalue weighted by molar-refractivity contribution is 0.0890. The van der Waals surface area contributed by atoms with Gasteiger partial charge in [-0.05, 0) is 59.8 Å². The smallest absolute Gasteiger partial charge is 0.255 e. The maximum atomic E-state index is 12.6. The van der Waals surface area contributed by atoms with E-state index in [1.54, 1.807) is 19.2 Å². The second kappa shape index (κ2) is 8.55. The van der Waals surface area contributed by atoms with Gasteiger partial charge in [0.25, 0.3) is 5.91 Å². The number of carbonyl (C=O) groups excluding carboxylic acids is 1. The Balaban J connectivity index is 1.23. The molecule has 0 bridgehead atoms. The average molecular weight is 422 g/mol. The number of aromatic nitrogens is 2. The summed E-state index contributed by atoms with van der Waals surface area (Å²) in [6.07, 6.45) is 3.92. The third-order valence-corrected chi connectivity index (χ3v) is 5.94. The number of carbonyl (C=O) groups is 1. The molecule has 1 saturated carbocycles. The summed E-state index contributed by atoms with van der Waals surface area (Å²) in [7, 11) is 1.62. The number of nitrogens with one attached hydrogen (secondary N) is 1. The van der Waals surface area contributed by atoms with Gasteiger partial charge in [-0.2, -0.15) is 0 Å². The fourth-order valence-corrected chi connectivity index (χ4v) is 4.00. The van der Waals surface area contributed by atoms with Gasteiger partial charge in [-0.1, -0.05) is 12.1 Å². The molecule has 0 radical (unpaired) electrons. The van der Waals surface area contributed by atoms with Crippen LogP contribution in [0.15, 0.2) is 41.0 Å². The van der Waals surface area contributed by atoms with Crippen molar-refractivity contribution in [1.82, 2.24) is 20.5 Å². The summed E-state index contributed by atoms with van der Waals surface area (Å²) in [6, 6.07) is 11.7. The first-order valence-corrected chi connectivity index (χ1v) is 10.8. The molecule has 0 spiro atoms. The standard InChI is InChI=1S/C23H26N4O4/c1-29-18-7-8-19(23(28)24-16-5-6-16)21(13-18)30-17-9-11-27(12-10-17)14-15-3-2-4-20-22(15)26-31-25-20/h2-4,7-8,13,16-17H,5-6,9-12,14H2,1H3,(H,24,28). The van der Waals surface area contributed by atoms with Crippen molar-refractivity contribution in [3.63, 3.8) is 0 Å². The summed E-state index contributed by atoms with van der Waals surface area (Å²) < 4.78 is 16.5. The number of hydrogen-bond acceptors (Lipinski definition) is 7. The van der Waals surface area contributed by atoms with Crippen molar-refractivity contribution in [3.8, 4) is 11.5 Å². The lowest BCUT2D eigenvalue weighted by atomic mass is 10.1. The highest BCUT2D eigenvalue weighted by Gasteiger charge is 2.27.